The molecular weight excluding hydrogens is 254 g/mol. The van der Waals surface area contributed by atoms with Gasteiger partial charge >= 0.3 is 0 Å². The van der Waals surface area contributed by atoms with Crippen LogP contribution < -0.4 is 10.6 Å². The van der Waals surface area contributed by atoms with Crippen molar-refractivity contribution in [3.63, 3.8) is 0 Å². The molecule has 5 heteroatoms. The molecule has 0 saturated carbocycles. The van der Waals surface area contributed by atoms with Crippen LogP contribution >= 0.6 is 0 Å². The number of carbonyl (C=O) groups excluding carboxylic acids is 1. The van der Waals surface area contributed by atoms with Crippen molar-refractivity contribution in [2.45, 2.75) is 38.8 Å². The van der Waals surface area contributed by atoms with Gasteiger partial charge in [0.2, 0.25) is 5.91 Å². The summed E-state index contributed by atoms with van der Waals surface area (Å²) in [4.78, 5) is 13.6. The molecule has 1 atom stereocenters. The largest absolute Gasteiger partial charge is 0.465 e. The molecule has 0 spiro atoms. The molecule has 5 nitrogen and oxygen atoms in total. The lowest BCUT2D eigenvalue weighted by atomic mass is 10.0. The van der Waals surface area contributed by atoms with Gasteiger partial charge in [-0.2, -0.15) is 0 Å². The highest BCUT2D eigenvalue weighted by molar-refractivity contribution is 5.77. The smallest absolute Gasteiger partial charge is 0.233 e. The van der Waals surface area contributed by atoms with Gasteiger partial charge in [0.15, 0.2) is 0 Å². The van der Waals surface area contributed by atoms with E-state index in [2.05, 4.69) is 22.5 Å². The first kappa shape index (κ1) is 15.1. The minimum absolute atomic E-state index is 0.0934. The van der Waals surface area contributed by atoms with E-state index >= 15 is 0 Å². The average Bonchev–Trinajstić information content (AvgIpc) is 2.87. The fraction of sp³-hybridized carbons (Fsp3) is 0.667. The summed E-state index contributed by atoms with van der Waals surface area (Å²) in [6, 6.07) is 4.77. The predicted octanol–water partition coefficient (Wildman–Crippen LogP) is 1.45. The van der Waals surface area contributed by atoms with E-state index in [-0.39, 0.29) is 11.9 Å². The first-order chi connectivity index (χ1) is 9.58. The van der Waals surface area contributed by atoms with E-state index in [1.54, 1.807) is 7.05 Å². The van der Waals surface area contributed by atoms with E-state index in [4.69, 9.17) is 4.42 Å². The van der Waals surface area contributed by atoms with Gasteiger partial charge in [0.25, 0.3) is 0 Å². The third-order valence-corrected chi connectivity index (χ3v) is 3.91. The van der Waals surface area contributed by atoms with Crippen LogP contribution in [0.3, 0.4) is 0 Å². The lowest BCUT2D eigenvalue weighted by Gasteiger charge is -2.33. The van der Waals surface area contributed by atoms with Gasteiger partial charge in [0.1, 0.15) is 11.5 Å². The zero-order valence-electron chi connectivity index (χ0n) is 12.6. The lowest BCUT2D eigenvalue weighted by molar-refractivity contribution is -0.122. The average molecular weight is 279 g/mol. The number of aryl methyl sites for hydroxylation is 1. The Labute approximate surface area is 120 Å². The molecule has 0 aromatic carbocycles. The van der Waals surface area contributed by atoms with Gasteiger partial charge in [-0.05, 0) is 38.8 Å². The minimum Gasteiger partial charge on any atom is -0.465 e. The second-order valence-electron chi connectivity index (χ2n) is 5.56. The molecule has 1 aromatic heterocycles. The number of carbonyl (C=O) groups is 1. The number of amides is 1. The molecule has 1 aliphatic heterocycles. The highest BCUT2D eigenvalue weighted by Gasteiger charge is 2.22. The van der Waals surface area contributed by atoms with E-state index < -0.39 is 0 Å². The Morgan fingerprint density at radius 3 is 2.70 bits per heavy atom. The zero-order chi connectivity index (χ0) is 14.5. The molecule has 1 unspecified atom stereocenters. The van der Waals surface area contributed by atoms with Gasteiger partial charge in [-0.25, -0.2) is 0 Å². The number of nitrogens with zero attached hydrogens (tertiary/aromatic N) is 1. The summed E-state index contributed by atoms with van der Waals surface area (Å²) in [6.45, 7) is 6.54. The first-order valence-corrected chi connectivity index (χ1v) is 7.34. The molecule has 112 valence electrons. The summed E-state index contributed by atoms with van der Waals surface area (Å²) in [5.41, 5.74) is 0. The maximum atomic E-state index is 11.3. The lowest BCUT2D eigenvalue weighted by Crippen LogP contribution is -2.46. The van der Waals surface area contributed by atoms with E-state index in [0.29, 0.717) is 12.6 Å². The maximum Gasteiger partial charge on any atom is 0.233 e. The number of rotatable bonds is 5. The van der Waals surface area contributed by atoms with Crippen LogP contribution in [0, 0.1) is 6.92 Å². The Morgan fingerprint density at radius 2 is 2.15 bits per heavy atom. The van der Waals surface area contributed by atoms with E-state index in [0.717, 1.165) is 37.5 Å². The fourth-order valence-corrected chi connectivity index (χ4v) is 2.66. The van der Waals surface area contributed by atoms with E-state index in [1.165, 1.54) is 0 Å². The van der Waals surface area contributed by atoms with Gasteiger partial charge < -0.3 is 15.1 Å². The van der Waals surface area contributed by atoms with Crippen LogP contribution in [0.2, 0.25) is 0 Å². The Kier molecular flexibility index (Phi) is 5.20. The molecule has 1 aromatic rings. The van der Waals surface area contributed by atoms with Crippen LogP contribution in [0.25, 0.3) is 0 Å². The van der Waals surface area contributed by atoms with Crippen molar-refractivity contribution in [2.75, 3.05) is 26.7 Å². The molecule has 0 bridgehead atoms. The van der Waals surface area contributed by atoms with Crippen LogP contribution in [-0.2, 0) is 4.79 Å². The predicted molar refractivity (Wildman–Crippen MR) is 78.5 cm³/mol. The van der Waals surface area contributed by atoms with Crippen LogP contribution in [0.5, 0.6) is 0 Å². The molecular formula is C15H25N3O2. The Bertz CT molecular complexity index is 436. The van der Waals surface area contributed by atoms with Crippen LogP contribution in [0.4, 0.5) is 0 Å². The molecule has 2 N–H and O–H groups in total. The zero-order valence-corrected chi connectivity index (χ0v) is 12.6. The van der Waals surface area contributed by atoms with Gasteiger partial charge in [0, 0.05) is 26.2 Å². The van der Waals surface area contributed by atoms with Gasteiger partial charge in [-0.15, -0.1) is 0 Å². The SMILES string of the molecule is CNC(=O)CN1CCC(NC(C)c2ccc(C)o2)CC1. The molecule has 0 aliphatic carbocycles. The van der Waals surface area contributed by atoms with Crippen LogP contribution in [0.1, 0.15) is 37.3 Å². The molecule has 1 amide bonds. The van der Waals surface area contributed by atoms with Crippen molar-refractivity contribution in [3.8, 4) is 0 Å². The summed E-state index contributed by atoms with van der Waals surface area (Å²) < 4.78 is 5.65. The first-order valence-electron chi connectivity index (χ1n) is 7.34. The Balaban J connectivity index is 1.75. The van der Waals surface area contributed by atoms with Gasteiger partial charge in [-0.3, -0.25) is 9.69 Å². The van der Waals surface area contributed by atoms with Crippen molar-refractivity contribution >= 4 is 5.91 Å². The van der Waals surface area contributed by atoms with Crippen molar-refractivity contribution in [3.05, 3.63) is 23.7 Å². The third-order valence-electron chi connectivity index (χ3n) is 3.91. The number of hydrogen-bond donors (Lipinski definition) is 2. The van der Waals surface area contributed by atoms with Gasteiger partial charge in [-0.1, -0.05) is 0 Å². The summed E-state index contributed by atoms with van der Waals surface area (Å²) in [6.07, 6.45) is 2.14. The number of likely N-dealkylation sites (N-methyl/N-ethyl adjacent to an activating group) is 1. The summed E-state index contributed by atoms with van der Waals surface area (Å²) in [5, 5.41) is 6.29. The topological polar surface area (TPSA) is 57.5 Å². The van der Waals surface area contributed by atoms with E-state index in [1.807, 2.05) is 19.1 Å². The molecule has 2 rings (SSSR count). The highest BCUT2D eigenvalue weighted by Crippen LogP contribution is 2.19. The van der Waals surface area contributed by atoms with Crippen LogP contribution in [-0.4, -0.2) is 43.5 Å². The minimum atomic E-state index is 0.0934. The molecule has 1 fully saturated rings. The molecule has 0 radical (unpaired) electrons. The van der Waals surface area contributed by atoms with Gasteiger partial charge in [0.05, 0.1) is 12.6 Å². The molecule has 1 aliphatic rings. The van der Waals surface area contributed by atoms with Crippen molar-refractivity contribution in [2.24, 2.45) is 0 Å². The molecule has 2 heterocycles. The number of furan rings is 1. The second-order valence-corrected chi connectivity index (χ2v) is 5.56. The standard InChI is InChI=1S/C15H25N3O2/c1-11-4-5-14(20-11)12(2)17-13-6-8-18(9-7-13)10-15(19)16-3/h4-5,12-13,17H,6-10H2,1-3H3,(H,16,19). The van der Waals surface area contributed by atoms with Crippen molar-refractivity contribution in [1.82, 2.24) is 15.5 Å². The Morgan fingerprint density at radius 1 is 1.45 bits per heavy atom. The maximum absolute atomic E-state index is 11.3. The van der Waals surface area contributed by atoms with E-state index in [9.17, 15) is 4.79 Å². The van der Waals surface area contributed by atoms with Crippen LogP contribution in [0.15, 0.2) is 16.5 Å². The highest BCUT2D eigenvalue weighted by atomic mass is 16.3. The molecule has 20 heavy (non-hydrogen) atoms. The number of likely N-dealkylation sites (tertiary alicyclic amines) is 1. The quantitative estimate of drug-likeness (QED) is 0.856. The number of hydrogen-bond acceptors (Lipinski definition) is 4. The Hall–Kier alpha value is -1.33. The summed E-state index contributed by atoms with van der Waals surface area (Å²) in [7, 11) is 1.68. The summed E-state index contributed by atoms with van der Waals surface area (Å²) in [5.74, 6) is 2.04. The fourth-order valence-electron chi connectivity index (χ4n) is 2.66. The van der Waals surface area contributed by atoms with Crippen molar-refractivity contribution < 1.29 is 9.21 Å². The number of nitrogens with one attached hydrogen (secondary N) is 2. The molecule has 1 saturated heterocycles. The third kappa shape index (κ3) is 4.08. The normalized spacial score (nSPS) is 18.9. The number of piperidine rings is 1. The van der Waals surface area contributed by atoms with Crippen molar-refractivity contribution in [1.29, 1.82) is 0 Å². The summed E-state index contributed by atoms with van der Waals surface area (Å²) >= 11 is 0. The monoisotopic (exact) mass is 279 g/mol. The second kappa shape index (κ2) is 6.90.